The van der Waals surface area contributed by atoms with Crippen LogP contribution >= 0.6 is 0 Å². The Morgan fingerprint density at radius 1 is 0.792 bits per heavy atom. The van der Waals surface area contributed by atoms with Crippen LogP contribution < -0.4 is 0 Å². The Morgan fingerprint density at radius 3 is 1.54 bits per heavy atom. The molecule has 1 fully saturated rings. The number of hydrogen-bond acceptors (Lipinski definition) is 4. The molecule has 0 N–H and O–H groups in total. The maximum atomic E-state index is 12.1. The fraction of sp³-hybridized carbons (Fsp3) is 0.222. The highest BCUT2D eigenvalue weighted by atomic mass is 16.3. The van der Waals surface area contributed by atoms with Gasteiger partial charge >= 0.3 is 0 Å². The van der Waals surface area contributed by atoms with E-state index in [-0.39, 0.29) is 11.8 Å². The summed E-state index contributed by atoms with van der Waals surface area (Å²) in [5, 5.41) is 0. The Kier molecular flexibility index (Phi) is 4.96. The van der Waals surface area contributed by atoms with Gasteiger partial charge in [0.05, 0.1) is 12.5 Å². The van der Waals surface area contributed by atoms with E-state index in [4.69, 9.17) is 8.83 Å². The van der Waals surface area contributed by atoms with E-state index in [0.29, 0.717) is 37.7 Å². The van der Waals surface area contributed by atoms with E-state index >= 15 is 0 Å². The molecule has 24 heavy (non-hydrogen) atoms. The van der Waals surface area contributed by atoms with Gasteiger partial charge in [0.1, 0.15) is 11.5 Å². The first-order valence-corrected chi connectivity index (χ1v) is 7.73. The van der Waals surface area contributed by atoms with Crippen LogP contribution in [0.4, 0.5) is 0 Å². The third-order valence-corrected chi connectivity index (χ3v) is 3.77. The van der Waals surface area contributed by atoms with Gasteiger partial charge in [0.25, 0.3) is 0 Å². The number of rotatable bonds is 4. The molecule has 2 amide bonds. The summed E-state index contributed by atoms with van der Waals surface area (Å²) in [5.74, 6) is 1.12. The van der Waals surface area contributed by atoms with Gasteiger partial charge in [-0.15, -0.1) is 0 Å². The second-order valence-corrected chi connectivity index (χ2v) is 5.35. The van der Waals surface area contributed by atoms with Crippen LogP contribution in [0.5, 0.6) is 0 Å². The summed E-state index contributed by atoms with van der Waals surface area (Å²) in [4.78, 5) is 27.7. The molecule has 3 heterocycles. The molecule has 1 saturated heterocycles. The van der Waals surface area contributed by atoms with Gasteiger partial charge in [-0.05, 0) is 36.4 Å². The first-order chi connectivity index (χ1) is 11.7. The van der Waals surface area contributed by atoms with Crippen molar-refractivity contribution in [3.63, 3.8) is 0 Å². The third-order valence-electron chi connectivity index (χ3n) is 3.77. The van der Waals surface area contributed by atoms with Crippen molar-refractivity contribution in [2.75, 3.05) is 26.2 Å². The second-order valence-electron chi connectivity index (χ2n) is 5.35. The molecule has 124 valence electrons. The van der Waals surface area contributed by atoms with Crippen LogP contribution in [-0.2, 0) is 9.59 Å². The Labute approximate surface area is 139 Å². The quantitative estimate of drug-likeness (QED) is 0.809. The molecular weight excluding hydrogens is 308 g/mol. The van der Waals surface area contributed by atoms with Crippen LogP contribution in [0.25, 0.3) is 12.2 Å². The van der Waals surface area contributed by atoms with Gasteiger partial charge < -0.3 is 18.6 Å². The normalized spacial score (nSPS) is 15.5. The van der Waals surface area contributed by atoms with E-state index in [1.165, 1.54) is 12.2 Å². The number of hydrogen-bond donors (Lipinski definition) is 0. The van der Waals surface area contributed by atoms with Crippen molar-refractivity contribution >= 4 is 24.0 Å². The lowest BCUT2D eigenvalue weighted by atomic mass is 10.2. The van der Waals surface area contributed by atoms with E-state index in [2.05, 4.69) is 0 Å². The minimum absolute atomic E-state index is 0.0790. The predicted octanol–water partition coefficient (Wildman–Crippen LogP) is 2.27. The van der Waals surface area contributed by atoms with E-state index in [1.54, 1.807) is 58.7 Å². The highest BCUT2D eigenvalue weighted by Crippen LogP contribution is 2.08. The molecule has 0 aromatic carbocycles. The summed E-state index contributed by atoms with van der Waals surface area (Å²) in [6, 6.07) is 7.10. The predicted molar refractivity (Wildman–Crippen MR) is 88.6 cm³/mol. The highest BCUT2D eigenvalue weighted by Gasteiger charge is 2.21. The standard InChI is InChI=1S/C18H18N2O4/c21-17(7-5-15-3-1-13-23-15)19-9-11-20(12-10-19)18(22)8-6-16-4-2-14-24-16/h1-8,13-14H,9-12H2/b7-5+,8-6+. The molecule has 6 nitrogen and oxygen atoms in total. The van der Waals surface area contributed by atoms with Crippen molar-refractivity contribution in [3.05, 3.63) is 60.5 Å². The fourth-order valence-electron chi connectivity index (χ4n) is 2.44. The summed E-state index contributed by atoms with van der Waals surface area (Å²) in [6.07, 6.45) is 9.40. The van der Waals surface area contributed by atoms with Gasteiger partial charge in [-0.2, -0.15) is 0 Å². The summed E-state index contributed by atoms with van der Waals surface area (Å²) in [5.41, 5.74) is 0. The fourth-order valence-corrected chi connectivity index (χ4v) is 2.44. The lowest BCUT2D eigenvalue weighted by Crippen LogP contribution is -2.49. The minimum atomic E-state index is -0.0790. The summed E-state index contributed by atoms with van der Waals surface area (Å²) in [7, 11) is 0. The molecule has 1 aliphatic heterocycles. The Hall–Kier alpha value is -3.02. The average molecular weight is 326 g/mol. The van der Waals surface area contributed by atoms with Gasteiger partial charge in [-0.3, -0.25) is 9.59 Å². The molecule has 3 rings (SSSR count). The van der Waals surface area contributed by atoms with E-state index < -0.39 is 0 Å². The molecule has 0 atom stereocenters. The molecule has 0 radical (unpaired) electrons. The number of carbonyl (C=O) groups excluding carboxylic acids is 2. The minimum Gasteiger partial charge on any atom is -0.465 e. The van der Waals surface area contributed by atoms with Crippen LogP contribution in [0.2, 0.25) is 0 Å². The average Bonchev–Trinajstić information content (AvgIpc) is 3.31. The smallest absolute Gasteiger partial charge is 0.246 e. The summed E-state index contributed by atoms with van der Waals surface area (Å²) in [6.45, 7) is 2.06. The molecule has 1 aliphatic rings. The molecule has 2 aromatic heterocycles. The molecular formula is C18H18N2O4. The number of piperazine rings is 1. The van der Waals surface area contributed by atoms with Crippen LogP contribution in [0, 0.1) is 0 Å². The first-order valence-electron chi connectivity index (χ1n) is 7.73. The lowest BCUT2D eigenvalue weighted by molar-refractivity contribution is -0.133. The van der Waals surface area contributed by atoms with E-state index in [9.17, 15) is 9.59 Å². The Balaban J connectivity index is 1.48. The van der Waals surface area contributed by atoms with Crippen molar-refractivity contribution in [1.82, 2.24) is 9.80 Å². The van der Waals surface area contributed by atoms with Crippen LogP contribution in [-0.4, -0.2) is 47.8 Å². The molecule has 2 aromatic rings. The number of nitrogens with zero attached hydrogens (tertiary/aromatic N) is 2. The van der Waals surface area contributed by atoms with Gasteiger partial charge in [-0.1, -0.05) is 0 Å². The van der Waals surface area contributed by atoms with Gasteiger partial charge in [-0.25, -0.2) is 0 Å². The van der Waals surface area contributed by atoms with Crippen LogP contribution in [0.15, 0.2) is 57.8 Å². The SMILES string of the molecule is O=C(/C=C/c1ccco1)N1CCN(C(=O)/C=C/c2ccco2)CC1. The van der Waals surface area contributed by atoms with Crippen LogP contribution in [0.3, 0.4) is 0 Å². The largest absolute Gasteiger partial charge is 0.465 e. The summed E-state index contributed by atoms with van der Waals surface area (Å²) < 4.78 is 10.3. The molecule has 0 aliphatic carbocycles. The molecule has 0 saturated carbocycles. The van der Waals surface area contributed by atoms with Crippen molar-refractivity contribution in [1.29, 1.82) is 0 Å². The Bertz CT molecular complexity index is 657. The first kappa shape index (κ1) is 15.9. The topological polar surface area (TPSA) is 66.9 Å². The third kappa shape index (κ3) is 4.04. The van der Waals surface area contributed by atoms with Gasteiger partial charge in [0.15, 0.2) is 0 Å². The molecule has 0 spiro atoms. The Morgan fingerprint density at radius 2 is 1.21 bits per heavy atom. The van der Waals surface area contributed by atoms with Gasteiger partial charge in [0.2, 0.25) is 11.8 Å². The zero-order valence-corrected chi connectivity index (χ0v) is 13.1. The number of amides is 2. The highest BCUT2D eigenvalue weighted by molar-refractivity contribution is 5.93. The number of carbonyl (C=O) groups is 2. The second kappa shape index (κ2) is 7.50. The van der Waals surface area contributed by atoms with Crippen LogP contribution in [0.1, 0.15) is 11.5 Å². The summed E-state index contributed by atoms with van der Waals surface area (Å²) >= 11 is 0. The lowest BCUT2D eigenvalue weighted by Gasteiger charge is -2.33. The van der Waals surface area contributed by atoms with Crippen molar-refractivity contribution in [2.24, 2.45) is 0 Å². The maximum absolute atomic E-state index is 12.1. The zero-order valence-electron chi connectivity index (χ0n) is 13.1. The van der Waals surface area contributed by atoms with E-state index in [0.717, 1.165) is 0 Å². The molecule has 6 heteroatoms. The molecule has 0 bridgehead atoms. The van der Waals surface area contributed by atoms with Crippen molar-refractivity contribution in [3.8, 4) is 0 Å². The van der Waals surface area contributed by atoms with E-state index in [1.807, 2.05) is 0 Å². The molecule has 0 unspecified atom stereocenters. The monoisotopic (exact) mass is 326 g/mol. The maximum Gasteiger partial charge on any atom is 0.246 e. The van der Waals surface area contributed by atoms with Gasteiger partial charge in [0, 0.05) is 38.3 Å². The van der Waals surface area contributed by atoms with Crippen molar-refractivity contribution < 1.29 is 18.4 Å². The zero-order chi connectivity index (χ0) is 16.8. The number of furan rings is 2. The van der Waals surface area contributed by atoms with Crippen molar-refractivity contribution in [2.45, 2.75) is 0 Å².